The molecule has 0 saturated heterocycles. The monoisotopic (exact) mass is 477 g/mol. The van der Waals surface area contributed by atoms with Gasteiger partial charge in [0.25, 0.3) is 0 Å². The second kappa shape index (κ2) is 11.3. The third-order valence-electron chi connectivity index (χ3n) is 4.06. The van der Waals surface area contributed by atoms with E-state index in [0.29, 0.717) is 11.3 Å². The van der Waals surface area contributed by atoms with Crippen LogP contribution in [0.5, 0.6) is 11.5 Å². The molecule has 0 aromatic heterocycles. The number of carbonyl (C=O) groups excluding carboxylic acids is 1. The van der Waals surface area contributed by atoms with Crippen molar-refractivity contribution in [3.63, 3.8) is 0 Å². The molecular weight excluding hydrogens is 441 g/mol. The molecule has 1 amide bonds. The Bertz CT molecular complexity index is 723. The summed E-state index contributed by atoms with van der Waals surface area (Å²) in [6, 6.07) is 6.50. The molecule has 1 aromatic rings. The number of primary amides is 1. The summed E-state index contributed by atoms with van der Waals surface area (Å²) in [5, 5.41) is 0. The summed E-state index contributed by atoms with van der Waals surface area (Å²) in [5.41, 5.74) is 5.53. The number of rotatable bonds is 13. The van der Waals surface area contributed by atoms with E-state index in [1.54, 1.807) is 18.2 Å². The van der Waals surface area contributed by atoms with Crippen molar-refractivity contribution in [2.24, 2.45) is 5.73 Å². The van der Waals surface area contributed by atoms with Crippen LogP contribution in [0.3, 0.4) is 0 Å². The lowest BCUT2D eigenvalue weighted by Gasteiger charge is -2.23. The molecule has 0 radical (unpaired) electrons. The van der Waals surface area contributed by atoms with E-state index in [2.05, 4.69) is 39.3 Å². The van der Waals surface area contributed by atoms with Gasteiger partial charge in [0.15, 0.2) is 0 Å². The average Bonchev–Trinajstić information content (AvgIpc) is 2.58. The smallest absolute Gasteiger partial charge is 0.497 e. The normalized spacial score (nSPS) is 12.5. The summed E-state index contributed by atoms with van der Waals surface area (Å²) in [4.78, 5) is 11.0. The lowest BCUT2D eigenvalue weighted by atomic mass is 10.2. The van der Waals surface area contributed by atoms with Crippen LogP contribution in [0.1, 0.15) is 5.56 Å². The lowest BCUT2D eigenvalue weighted by molar-refractivity contribution is 0.147. The van der Waals surface area contributed by atoms with E-state index in [4.69, 9.17) is 28.8 Å². The predicted octanol–water partition coefficient (Wildman–Crippen LogP) is 5.49. The molecule has 11 heteroatoms. The Balaban J connectivity index is 3.07. The maximum absolute atomic E-state index is 13.4. The highest BCUT2D eigenvalue weighted by Crippen LogP contribution is 2.51. The van der Waals surface area contributed by atoms with Crippen molar-refractivity contribution in [1.29, 1.82) is 0 Å². The molecule has 0 aliphatic heterocycles. The quantitative estimate of drug-likeness (QED) is 0.296. The maximum atomic E-state index is 13.4. The van der Waals surface area contributed by atoms with Crippen molar-refractivity contribution in [2.45, 2.75) is 58.0 Å². The zero-order valence-corrected chi connectivity index (χ0v) is 22.0. The molecule has 1 aromatic carbocycles. The number of hydrogen-bond donors (Lipinski definition) is 1. The van der Waals surface area contributed by atoms with Gasteiger partial charge in [-0.15, -0.1) is 0 Å². The second-order valence-corrected chi connectivity index (χ2v) is 22.2. The summed E-state index contributed by atoms with van der Waals surface area (Å²) < 4.78 is 40.6. The molecule has 0 unspecified atom stereocenters. The number of amides is 1. The van der Waals surface area contributed by atoms with Crippen LogP contribution in [0.2, 0.25) is 51.4 Å². The Morgan fingerprint density at radius 3 is 1.97 bits per heavy atom. The van der Waals surface area contributed by atoms with Gasteiger partial charge in [0, 0.05) is 27.8 Å². The van der Waals surface area contributed by atoms with E-state index < -0.39 is 30.1 Å². The topological polar surface area (TPSA) is 106 Å². The molecular formula is C19H36NO7PSi2. The third-order valence-corrected chi connectivity index (χ3v) is 8.88. The summed E-state index contributed by atoms with van der Waals surface area (Å²) in [6.07, 6.45) is -0.919. The van der Waals surface area contributed by atoms with Gasteiger partial charge in [0.1, 0.15) is 18.1 Å². The average molecular weight is 478 g/mol. The molecule has 0 aliphatic rings. The van der Waals surface area contributed by atoms with Crippen LogP contribution in [0.15, 0.2) is 18.2 Å². The minimum atomic E-state index is -3.90. The second-order valence-electron chi connectivity index (χ2n) is 9.41. The van der Waals surface area contributed by atoms with Crippen molar-refractivity contribution in [2.75, 3.05) is 20.3 Å². The Hall–Kier alpha value is -1.33. The fourth-order valence-corrected chi connectivity index (χ4v) is 5.15. The van der Waals surface area contributed by atoms with Gasteiger partial charge in [-0.05, 0) is 24.2 Å². The summed E-state index contributed by atoms with van der Waals surface area (Å²) in [7, 11) is -5.20. The summed E-state index contributed by atoms with van der Waals surface area (Å²) in [5.74, 6) is 0.684. The van der Waals surface area contributed by atoms with Crippen molar-refractivity contribution >= 4 is 30.1 Å². The number of nitrogens with two attached hydrogens (primary N) is 1. The van der Waals surface area contributed by atoms with Crippen LogP contribution >= 0.6 is 7.82 Å². The van der Waals surface area contributed by atoms with Gasteiger partial charge in [-0.3, -0.25) is 9.05 Å². The third kappa shape index (κ3) is 11.2. The van der Waals surface area contributed by atoms with E-state index >= 15 is 0 Å². The highest BCUT2D eigenvalue weighted by atomic mass is 31.2. The molecule has 0 bridgehead atoms. The van der Waals surface area contributed by atoms with Crippen LogP contribution in [0.25, 0.3) is 0 Å². The lowest BCUT2D eigenvalue weighted by Crippen LogP contribution is -2.23. The van der Waals surface area contributed by atoms with Gasteiger partial charge in [0.2, 0.25) is 0 Å². The Kier molecular flexibility index (Phi) is 10.1. The van der Waals surface area contributed by atoms with Crippen LogP contribution in [0.4, 0.5) is 4.79 Å². The number of ether oxygens (including phenoxy) is 2. The molecule has 0 fully saturated rings. The van der Waals surface area contributed by atoms with Gasteiger partial charge in [-0.2, -0.15) is 0 Å². The van der Waals surface area contributed by atoms with E-state index in [0.717, 1.165) is 12.1 Å². The van der Waals surface area contributed by atoms with Crippen molar-refractivity contribution in [3.05, 3.63) is 23.8 Å². The molecule has 172 valence electrons. The molecule has 1 rings (SSSR count). The van der Waals surface area contributed by atoms with Gasteiger partial charge < -0.3 is 19.7 Å². The van der Waals surface area contributed by atoms with Crippen molar-refractivity contribution in [3.8, 4) is 11.5 Å². The molecule has 0 saturated carbocycles. The first-order chi connectivity index (χ1) is 13.7. The molecule has 0 spiro atoms. The highest BCUT2D eigenvalue weighted by molar-refractivity contribution is 7.49. The number of phosphoric acid groups is 1. The van der Waals surface area contributed by atoms with Crippen LogP contribution in [-0.2, 0) is 25.0 Å². The summed E-state index contributed by atoms with van der Waals surface area (Å²) in [6.45, 7) is 13.6. The van der Waals surface area contributed by atoms with Crippen LogP contribution in [0, 0.1) is 0 Å². The Labute approximate surface area is 182 Å². The first-order valence-electron chi connectivity index (χ1n) is 9.91. The van der Waals surface area contributed by atoms with E-state index in [-0.39, 0.29) is 25.6 Å². The number of methoxy groups -OCH3 is 1. The molecule has 0 heterocycles. The maximum Gasteiger partial charge on any atom is 0.530 e. The van der Waals surface area contributed by atoms with Gasteiger partial charge in [0.05, 0.1) is 20.3 Å². The zero-order chi connectivity index (χ0) is 23.0. The molecule has 2 N–H and O–H groups in total. The van der Waals surface area contributed by atoms with E-state index in [1.807, 2.05) is 0 Å². The summed E-state index contributed by atoms with van der Waals surface area (Å²) >= 11 is 0. The number of carbonyl (C=O) groups is 1. The number of hydrogen-bond acceptors (Lipinski definition) is 7. The molecule has 8 nitrogen and oxygen atoms in total. The molecule has 0 atom stereocenters. The predicted molar refractivity (Wildman–Crippen MR) is 124 cm³/mol. The zero-order valence-electron chi connectivity index (χ0n) is 19.1. The number of benzene rings is 1. The number of phosphoric ester groups is 1. The van der Waals surface area contributed by atoms with Crippen molar-refractivity contribution < 1.29 is 32.4 Å². The standard InChI is InChI=1S/C19H36NO7PSi2/c1-23-17-9-8-16(15-24-19(20)21)18(14-17)27-28(22,25-10-12-29(2,3)4)26-11-13-30(5,6)7/h8-9,14H,10-13,15H2,1-7H3,(H2,20,21). The van der Waals surface area contributed by atoms with Gasteiger partial charge in [-0.1, -0.05) is 39.3 Å². The van der Waals surface area contributed by atoms with E-state index in [9.17, 15) is 9.36 Å². The molecule has 0 aliphatic carbocycles. The van der Waals surface area contributed by atoms with E-state index in [1.165, 1.54) is 7.11 Å². The van der Waals surface area contributed by atoms with Gasteiger partial charge >= 0.3 is 13.9 Å². The SMILES string of the molecule is COc1ccc(COC(N)=O)c(OP(=O)(OCC[Si](C)(C)C)OCC[Si](C)(C)C)c1. The van der Waals surface area contributed by atoms with Crippen LogP contribution < -0.4 is 15.0 Å². The van der Waals surface area contributed by atoms with Crippen molar-refractivity contribution in [1.82, 2.24) is 0 Å². The Morgan fingerprint density at radius 2 is 1.53 bits per heavy atom. The highest BCUT2D eigenvalue weighted by Gasteiger charge is 2.32. The van der Waals surface area contributed by atoms with Gasteiger partial charge in [-0.25, -0.2) is 9.36 Å². The molecule has 30 heavy (non-hydrogen) atoms. The fraction of sp³-hybridized carbons (Fsp3) is 0.632. The first kappa shape index (κ1) is 26.7. The first-order valence-corrected chi connectivity index (χ1v) is 18.8. The minimum Gasteiger partial charge on any atom is -0.497 e. The Morgan fingerprint density at radius 1 is 1.00 bits per heavy atom. The minimum absolute atomic E-state index is 0.140. The fourth-order valence-electron chi connectivity index (χ4n) is 2.15. The largest absolute Gasteiger partial charge is 0.530 e. The van der Waals surface area contributed by atoms with Crippen LogP contribution in [-0.4, -0.2) is 42.6 Å².